The Kier molecular flexibility index (Phi) is 1.98. The van der Waals surface area contributed by atoms with Crippen LogP contribution in [0.2, 0.25) is 5.02 Å². The van der Waals surface area contributed by atoms with Gasteiger partial charge in [0.15, 0.2) is 5.58 Å². The maximum absolute atomic E-state index is 5.90. The van der Waals surface area contributed by atoms with E-state index < -0.39 is 0 Å². The van der Waals surface area contributed by atoms with E-state index in [1.807, 2.05) is 19.1 Å². The fourth-order valence-corrected chi connectivity index (χ4v) is 1.34. The topological polar surface area (TPSA) is 52.0 Å². The molecule has 0 fully saturated rings. The Morgan fingerprint density at radius 3 is 2.92 bits per heavy atom. The van der Waals surface area contributed by atoms with Crippen LogP contribution in [0.4, 0.5) is 0 Å². The number of fused-ring (bicyclic) bond motifs is 1. The van der Waals surface area contributed by atoms with Crippen LogP contribution in [-0.2, 0) is 0 Å². The van der Waals surface area contributed by atoms with E-state index in [-0.39, 0.29) is 6.04 Å². The van der Waals surface area contributed by atoms with Gasteiger partial charge in [0.05, 0.1) is 11.1 Å². The zero-order valence-electron chi connectivity index (χ0n) is 7.12. The standard InChI is InChI=1S/C9H9ClN2O/c1-5(11)9-12-7-4-2-3-6(10)8(7)13-9/h2-5H,11H2,1H3. The van der Waals surface area contributed by atoms with Crippen molar-refractivity contribution in [2.75, 3.05) is 0 Å². The Morgan fingerprint density at radius 2 is 2.31 bits per heavy atom. The molecule has 0 amide bonds. The van der Waals surface area contributed by atoms with E-state index in [4.69, 9.17) is 21.8 Å². The average Bonchev–Trinajstić information content (AvgIpc) is 2.49. The van der Waals surface area contributed by atoms with Crippen molar-refractivity contribution in [1.29, 1.82) is 0 Å². The molecule has 2 aromatic rings. The van der Waals surface area contributed by atoms with Crippen molar-refractivity contribution < 1.29 is 4.42 Å². The van der Waals surface area contributed by atoms with Gasteiger partial charge in [0.1, 0.15) is 5.52 Å². The van der Waals surface area contributed by atoms with Crippen LogP contribution in [-0.4, -0.2) is 4.98 Å². The Bertz CT molecular complexity index is 436. The molecule has 0 aliphatic rings. The lowest BCUT2D eigenvalue weighted by molar-refractivity contribution is 0.493. The largest absolute Gasteiger partial charge is 0.437 e. The van der Waals surface area contributed by atoms with E-state index in [9.17, 15) is 0 Å². The lowest BCUT2D eigenvalue weighted by Gasteiger charge is -1.94. The summed E-state index contributed by atoms with van der Waals surface area (Å²) in [5, 5.41) is 0.567. The lowest BCUT2D eigenvalue weighted by Crippen LogP contribution is -2.04. The molecule has 2 N–H and O–H groups in total. The van der Waals surface area contributed by atoms with Gasteiger partial charge >= 0.3 is 0 Å². The third-order valence-electron chi connectivity index (χ3n) is 1.77. The van der Waals surface area contributed by atoms with Crippen molar-refractivity contribution >= 4 is 22.7 Å². The number of rotatable bonds is 1. The molecule has 13 heavy (non-hydrogen) atoms. The predicted octanol–water partition coefficient (Wildman–Crippen LogP) is 2.50. The molecule has 1 unspecified atom stereocenters. The first-order valence-corrected chi connectivity index (χ1v) is 4.37. The molecule has 68 valence electrons. The number of benzene rings is 1. The van der Waals surface area contributed by atoms with Crippen LogP contribution < -0.4 is 5.73 Å². The molecule has 0 saturated heterocycles. The minimum absolute atomic E-state index is 0.205. The van der Waals surface area contributed by atoms with E-state index in [1.165, 1.54) is 0 Å². The van der Waals surface area contributed by atoms with Crippen LogP contribution in [0, 0.1) is 0 Å². The summed E-state index contributed by atoms with van der Waals surface area (Å²) in [6.07, 6.45) is 0. The molecule has 0 saturated carbocycles. The summed E-state index contributed by atoms with van der Waals surface area (Å²) in [5.74, 6) is 0.517. The first-order chi connectivity index (χ1) is 6.18. The summed E-state index contributed by atoms with van der Waals surface area (Å²) in [6, 6.07) is 5.23. The maximum Gasteiger partial charge on any atom is 0.212 e. The second kappa shape index (κ2) is 3.01. The molecule has 1 atom stereocenters. The second-order valence-corrected chi connectivity index (χ2v) is 3.34. The first-order valence-electron chi connectivity index (χ1n) is 3.99. The monoisotopic (exact) mass is 196 g/mol. The van der Waals surface area contributed by atoms with Crippen LogP contribution in [0.5, 0.6) is 0 Å². The Labute approximate surface area is 80.5 Å². The number of nitrogens with zero attached hydrogens (tertiary/aromatic N) is 1. The third-order valence-corrected chi connectivity index (χ3v) is 2.07. The fourth-order valence-electron chi connectivity index (χ4n) is 1.13. The van der Waals surface area contributed by atoms with Crippen molar-refractivity contribution in [2.45, 2.75) is 13.0 Å². The zero-order chi connectivity index (χ0) is 9.42. The maximum atomic E-state index is 5.90. The second-order valence-electron chi connectivity index (χ2n) is 2.93. The number of para-hydroxylation sites is 1. The first kappa shape index (κ1) is 8.53. The number of hydrogen-bond donors (Lipinski definition) is 1. The molecule has 0 bridgehead atoms. The van der Waals surface area contributed by atoms with Gasteiger partial charge in [0.2, 0.25) is 5.89 Å². The molecule has 4 heteroatoms. The summed E-state index contributed by atoms with van der Waals surface area (Å²) in [7, 11) is 0. The number of halogens is 1. The molecule has 1 aromatic carbocycles. The fraction of sp³-hybridized carbons (Fsp3) is 0.222. The third kappa shape index (κ3) is 1.41. The number of aromatic nitrogens is 1. The molecule has 2 rings (SSSR count). The van der Waals surface area contributed by atoms with Crippen molar-refractivity contribution in [3.63, 3.8) is 0 Å². The summed E-state index contributed by atoms with van der Waals surface area (Å²) in [6.45, 7) is 1.82. The molecule has 0 spiro atoms. The highest BCUT2D eigenvalue weighted by Gasteiger charge is 2.10. The van der Waals surface area contributed by atoms with E-state index >= 15 is 0 Å². The summed E-state index contributed by atoms with van der Waals surface area (Å²) >= 11 is 5.90. The normalized spacial score (nSPS) is 13.5. The Hall–Kier alpha value is -1.06. The van der Waals surface area contributed by atoms with Gasteiger partial charge in [0, 0.05) is 0 Å². The lowest BCUT2D eigenvalue weighted by atomic mass is 10.3. The number of nitrogens with two attached hydrogens (primary N) is 1. The highest BCUT2D eigenvalue weighted by atomic mass is 35.5. The minimum atomic E-state index is -0.205. The Balaban J connectivity index is 2.68. The van der Waals surface area contributed by atoms with Crippen LogP contribution >= 0.6 is 11.6 Å². The van der Waals surface area contributed by atoms with Gasteiger partial charge in [-0.05, 0) is 19.1 Å². The van der Waals surface area contributed by atoms with Crippen molar-refractivity contribution in [1.82, 2.24) is 4.98 Å². The molecular weight excluding hydrogens is 188 g/mol. The van der Waals surface area contributed by atoms with E-state index in [0.717, 1.165) is 5.52 Å². The van der Waals surface area contributed by atoms with E-state index in [2.05, 4.69) is 4.98 Å². The van der Waals surface area contributed by atoms with Gasteiger partial charge in [-0.15, -0.1) is 0 Å². The van der Waals surface area contributed by atoms with Gasteiger partial charge in [-0.1, -0.05) is 17.7 Å². The number of hydrogen-bond acceptors (Lipinski definition) is 3. The van der Waals surface area contributed by atoms with Crippen LogP contribution in [0.3, 0.4) is 0 Å². The summed E-state index contributed by atoms with van der Waals surface area (Å²) in [5.41, 5.74) is 6.99. The molecule has 0 aliphatic heterocycles. The molecule has 0 aliphatic carbocycles. The highest BCUT2D eigenvalue weighted by Crippen LogP contribution is 2.25. The SMILES string of the molecule is CC(N)c1nc2cccc(Cl)c2o1. The summed E-state index contributed by atoms with van der Waals surface area (Å²) in [4.78, 5) is 4.20. The molecule has 1 heterocycles. The van der Waals surface area contributed by atoms with Gasteiger partial charge < -0.3 is 10.2 Å². The van der Waals surface area contributed by atoms with Crippen LogP contribution in [0.1, 0.15) is 18.9 Å². The van der Waals surface area contributed by atoms with E-state index in [0.29, 0.717) is 16.5 Å². The molecule has 1 aromatic heterocycles. The molecule has 3 nitrogen and oxygen atoms in total. The summed E-state index contributed by atoms with van der Waals surface area (Å²) < 4.78 is 5.39. The zero-order valence-corrected chi connectivity index (χ0v) is 7.88. The van der Waals surface area contributed by atoms with Gasteiger partial charge in [0.25, 0.3) is 0 Å². The van der Waals surface area contributed by atoms with Crippen molar-refractivity contribution in [2.24, 2.45) is 5.73 Å². The quantitative estimate of drug-likeness (QED) is 0.763. The van der Waals surface area contributed by atoms with Crippen LogP contribution in [0.25, 0.3) is 11.1 Å². The van der Waals surface area contributed by atoms with Crippen molar-refractivity contribution in [3.05, 3.63) is 29.1 Å². The van der Waals surface area contributed by atoms with Gasteiger partial charge in [-0.25, -0.2) is 4.98 Å². The average molecular weight is 197 g/mol. The minimum Gasteiger partial charge on any atom is -0.437 e. The predicted molar refractivity (Wildman–Crippen MR) is 51.6 cm³/mol. The molecule has 0 radical (unpaired) electrons. The van der Waals surface area contributed by atoms with E-state index in [1.54, 1.807) is 6.07 Å². The van der Waals surface area contributed by atoms with Gasteiger partial charge in [-0.3, -0.25) is 0 Å². The smallest absolute Gasteiger partial charge is 0.212 e. The molecular formula is C9H9ClN2O. The van der Waals surface area contributed by atoms with Crippen LogP contribution in [0.15, 0.2) is 22.6 Å². The highest BCUT2D eigenvalue weighted by molar-refractivity contribution is 6.34. The van der Waals surface area contributed by atoms with Gasteiger partial charge in [-0.2, -0.15) is 0 Å². The number of oxazole rings is 1. The van der Waals surface area contributed by atoms with Crippen molar-refractivity contribution in [3.8, 4) is 0 Å². The Morgan fingerprint density at radius 1 is 1.54 bits per heavy atom.